The van der Waals surface area contributed by atoms with E-state index in [9.17, 15) is 0 Å². The molecule has 2 aliphatic rings. The summed E-state index contributed by atoms with van der Waals surface area (Å²) in [5, 5.41) is 0. The van der Waals surface area contributed by atoms with Crippen LogP contribution in [0.1, 0.15) is 22.3 Å². The van der Waals surface area contributed by atoms with Crippen LogP contribution >= 0.6 is 0 Å². The summed E-state index contributed by atoms with van der Waals surface area (Å²) in [6.07, 6.45) is 0. The molecule has 1 heterocycles. The first-order valence-electron chi connectivity index (χ1n) is 19.7. The summed E-state index contributed by atoms with van der Waals surface area (Å²) in [7, 11) is 0. The summed E-state index contributed by atoms with van der Waals surface area (Å²) in [5.41, 5.74) is 18.9. The van der Waals surface area contributed by atoms with Crippen LogP contribution in [0.25, 0.3) is 33.4 Å². The van der Waals surface area contributed by atoms with Crippen LogP contribution < -0.4 is 9.80 Å². The van der Waals surface area contributed by atoms with Crippen LogP contribution in [-0.2, 0) is 5.41 Å². The van der Waals surface area contributed by atoms with Crippen molar-refractivity contribution in [1.82, 2.24) is 0 Å². The highest BCUT2D eigenvalue weighted by atomic mass is 15.2. The SMILES string of the molecule is c1ccc(-c2ccc(-c3ccc(N(c4ccccc4)c4ccc5c(c4)C4(c6ccccc6-5)c5ccccc5N(c5ccccc5)c5ccccc54)cc3)cc2)cc1. The molecule has 0 aromatic heterocycles. The smallest absolute Gasteiger partial charge is 0.0755 e. The molecule has 0 saturated heterocycles. The van der Waals surface area contributed by atoms with E-state index in [-0.39, 0.29) is 0 Å². The molecule has 0 fully saturated rings. The Morgan fingerprint density at radius 2 is 0.719 bits per heavy atom. The standard InChI is InChI=1S/C55H38N2/c1-4-16-39(17-5-1)40-28-30-41(31-29-40)42-32-34-45(35-33-42)56(43-18-6-2-7-19-43)46-36-37-48-47-22-10-11-23-49(47)55(52(48)38-46)50-24-12-14-26-53(50)57(44-20-8-3-9-21-44)54-27-15-13-25-51(54)55/h1-38H. The zero-order valence-corrected chi connectivity index (χ0v) is 31.3. The topological polar surface area (TPSA) is 6.48 Å². The normalized spacial score (nSPS) is 13.0. The van der Waals surface area contributed by atoms with Gasteiger partial charge in [-0.05, 0) is 116 Å². The van der Waals surface area contributed by atoms with Crippen LogP contribution in [0.5, 0.6) is 0 Å². The Bertz CT molecular complexity index is 2830. The van der Waals surface area contributed by atoms with Gasteiger partial charge in [0.15, 0.2) is 0 Å². The van der Waals surface area contributed by atoms with Gasteiger partial charge in [-0.25, -0.2) is 0 Å². The Labute approximate surface area is 334 Å². The van der Waals surface area contributed by atoms with Gasteiger partial charge in [-0.3, -0.25) is 0 Å². The van der Waals surface area contributed by atoms with Crippen molar-refractivity contribution >= 4 is 34.1 Å². The highest BCUT2D eigenvalue weighted by Gasteiger charge is 2.51. The minimum absolute atomic E-state index is 0.529. The second-order valence-electron chi connectivity index (χ2n) is 14.9. The van der Waals surface area contributed by atoms with Crippen LogP contribution in [0, 0.1) is 0 Å². The first-order valence-corrected chi connectivity index (χ1v) is 19.7. The lowest BCUT2D eigenvalue weighted by Gasteiger charge is -2.45. The van der Waals surface area contributed by atoms with Crippen molar-refractivity contribution in [3.8, 4) is 33.4 Å². The van der Waals surface area contributed by atoms with Crippen molar-refractivity contribution in [2.75, 3.05) is 9.80 Å². The molecule has 9 aromatic rings. The van der Waals surface area contributed by atoms with Gasteiger partial charge in [0.25, 0.3) is 0 Å². The molecular weight excluding hydrogens is 689 g/mol. The molecule has 2 heteroatoms. The van der Waals surface area contributed by atoms with Gasteiger partial charge < -0.3 is 9.80 Å². The number of para-hydroxylation sites is 4. The number of hydrogen-bond donors (Lipinski definition) is 0. The Balaban J connectivity index is 1.08. The molecular formula is C55H38N2. The molecule has 9 aromatic carbocycles. The molecule has 0 bridgehead atoms. The largest absolute Gasteiger partial charge is 0.310 e. The summed E-state index contributed by atoms with van der Waals surface area (Å²) in [5.74, 6) is 0. The van der Waals surface area contributed by atoms with Crippen molar-refractivity contribution < 1.29 is 0 Å². The number of fused-ring (bicyclic) bond motifs is 9. The number of hydrogen-bond acceptors (Lipinski definition) is 2. The fourth-order valence-corrected chi connectivity index (χ4v) is 9.40. The second-order valence-corrected chi connectivity index (χ2v) is 14.9. The highest BCUT2D eigenvalue weighted by Crippen LogP contribution is 2.63. The quantitative estimate of drug-likeness (QED) is 0.168. The summed E-state index contributed by atoms with van der Waals surface area (Å²) in [4.78, 5) is 4.84. The maximum absolute atomic E-state index is 2.46. The van der Waals surface area contributed by atoms with Gasteiger partial charge in [0.05, 0.1) is 16.8 Å². The predicted octanol–water partition coefficient (Wildman–Crippen LogP) is 14.6. The molecule has 2 nitrogen and oxygen atoms in total. The minimum Gasteiger partial charge on any atom is -0.310 e. The molecule has 0 unspecified atom stereocenters. The van der Waals surface area contributed by atoms with Crippen molar-refractivity contribution in [2.45, 2.75) is 5.41 Å². The van der Waals surface area contributed by atoms with Crippen LogP contribution in [-0.4, -0.2) is 0 Å². The molecule has 0 radical (unpaired) electrons. The average Bonchev–Trinajstić information content (AvgIpc) is 3.58. The lowest BCUT2D eigenvalue weighted by molar-refractivity contribution is 0.752. The lowest BCUT2D eigenvalue weighted by atomic mass is 9.64. The van der Waals surface area contributed by atoms with E-state index in [1.165, 1.54) is 67.0 Å². The van der Waals surface area contributed by atoms with Crippen molar-refractivity contribution in [1.29, 1.82) is 0 Å². The Morgan fingerprint density at radius 3 is 1.33 bits per heavy atom. The first kappa shape index (κ1) is 33.0. The summed E-state index contributed by atoms with van der Waals surface area (Å²) in [6, 6.07) is 84.2. The fourth-order valence-electron chi connectivity index (χ4n) is 9.40. The van der Waals surface area contributed by atoms with Crippen LogP contribution in [0.15, 0.2) is 231 Å². The van der Waals surface area contributed by atoms with Crippen LogP contribution in [0.3, 0.4) is 0 Å². The van der Waals surface area contributed by atoms with E-state index >= 15 is 0 Å². The molecule has 1 spiro atoms. The molecule has 57 heavy (non-hydrogen) atoms. The van der Waals surface area contributed by atoms with Gasteiger partial charge in [-0.2, -0.15) is 0 Å². The maximum Gasteiger partial charge on any atom is 0.0755 e. The molecule has 0 N–H and O–H groups in total. The lowest BCUT2D eigenvalue weighted by Crippen LogP contribution is -2.36. The van der Waals surface area contributed by atoms with Crippen molar-refractivity contribution in [2.24, 2.45) is 0 Å². The van der Waals surface area contributed by atoms with E-state index in [2.05, 4.69) is 240 Å². The van der Waals surface area contributed by atoms with Crippen LogP contribution in [0.4, 0.5) is 34.1 Å². The van der Waals surface area contributed by atoms with Crippen LogP contribution in [0.2, 0.25) is 0 Å². The molecule has 0 amide bonds. The summed E-state index contributed by atoms with van der Waals surface area (Å²) < 4.78 is 0. The molecule has 0 atom stereocenters. The zero-order chi connectivity index (χ0) is 37.8. The van der Waals surface area contributed by atoms with Crippen molar-refractivity contribution in [3.05, 3.63) is 253 Å². The Morgan fingerprint density at radius 1 is 0.298 bits per heavy atom. The highest BCUT2D eigenvalue weighted by molar-refractivity contribution is 5.97. The third-order valence-electron chi connectivity index (χ3n) is 11.9. The van der Waals surface area contributed by atoms with E-state index in [1.54, 1.807) is 0 Å². The molecule has 268 valence electrons. The Hall–Kier alpha value is -7.42. The third kappa shape index (κ3) is 5.18. The van der Waals surface area contributed by atoms with Gasteiger partial charge in [0, 0.05) is 22.7 Å². The number of anilines is 6. The zero-order valence-electron chi connectivity index (χ0n) is 31.3. The summed E-state index contributed by atoms with van der Waals surface area (Å²) >= 11 is 0. The molecule has 1 aliphatic carbocycles. The van der Waals surface area contributed by atoms with Gasteiger partial charge >= 0.3 is 0 Å². The number of benzene rings is 9. The van der Waals surface area contributed by atoms with Gasteiger partial charge in [-0.15, -0.1) is 0 Å². The molecule has 1 aliphatic heterocycles. The fraction of sp³-hybridized carbons (Fsp3) is 0.0182. The minimum atomic E-state index is -0.529. The Kier molecular flexibility index (Phi) is 7.75. The van der Waals surface area contributed by atoms with Crippen molar-refractivity contribution in [3.63, 3.8) is 0 Å². The van der Waals surface area contributed by atoms with Gasteiger partial charge in [0.2, 0.25) is 0 Å². The van der Waals surface area contributed by atoms with E-state index < -0.39 is 5.41 Å². The van der Waals surface area contributed by atoms with E-state index in [4.69, 9.17) is 0 Å². The average molecular weight is 727 g/mol. The first-order chi connectivity index (χ1) is 28.3. The second kappa shape index (κ2) is 13.4. The van der Waals surface area contributed by atoms with E-state index in [0.29, 0.717) is 0 Å². The third-order valence-corrected chi connectivity index (χ3v) is 11.9. The van der Waals surface area contributed by atoms with E-state index in [0.717, 1.165) is 22.7 Å². The maximum atomic E-state index is 2.46. The molecule has 11 rings (SSSR count). The number of rotatable bonds is 6. The monoisotopic (exact) mass is 726 g/mol. The molecule has 0 saturated carbocycles. The van der Waals surface area contributed by atoms with Gasteiger partial charge in [-0.1, -0.05) is 170 Å². The van der Waals surface area contributed by atoms with Gasteiger partial charge in [0.1, 0.15) is 0 Å². The van der Waals surface area contributed by atoms with E-state index in [1.807, 2.05) is 0 Å². The number of nitrogens with zero attached hydrogens (tertiary/aromatic N) is 2. The predicted molar refractivity (Wildman–Crippen MR) is 238 cm³/mol. The summed E-state index contributed by atoms with van der Waals surface area (Å²) in [6.45, 7) is 0.